The summed E-state index contributed by atoms with van der Waals surface area (Å²) in [6, 6.07) is 30.7. The van der Waals surface area contributed by atoms with Gasteiger partial charge >= 0.3 is 21.1 Å². The molecule has 0 bridgehead atoms. The van der Waals surface area contributed by atoms with E-state index in [0.29, 0.717) is 0 Å². The maximum atomic E-state index is 5.20. The van der Waals surface area contributed by atoms with Gasteiger partial charge in [0.15, 0.2) is 0 Å². The van der Waals surface area contributed by atoms with Crippen molar-refractivity contribution in [3.8, 4) is 11.4 Å². The van der Waals surface area contributed by atoms with Crippen LogP contribution < -0.4 is 15.6 Å². The molecule has 0 atom stereocenters. The average molecular weight is 507 g/mol. The van der Waals surface area contributed by atoms with Gasteiger partial charge in [-0.2, -0.15) is 0 Å². The molecule has 2 aliphatic rings. The zero-order chi connectivity index (χ0) is 27.0. The predicted octanol–water partition coefficient (Wildman–Crippen LogP) is 4.26. The van der Waals surface area contributed by atoms with Gasteiger partial charge < -0.3 is 18.6 Å². The molecule has 0 N–H and O–H groups in total. The highest BCUT2D eigenvalue weighted by atomic mass is 15.4. The van der Waals surface area contributed by atoms with Crippen LogP contribution in [0.25, 0.3) is 22.4 Å². The Balaban J connectivity index is 1.58. The first kappa shape index (κ1) is 24.3. The van der Waals surface area contributed by atoms with Crippen LogP contribution >= 0.6 is 0 Å². The molecule has 190 valence electrons. The lowest BCUT2D eigenvalue weighted by Crippen LogP contribution is -2.84. The third-order valence-corrected chi connectivity index (χ3v) is 8.88. The standard InChI is InChI=1S/C31H32B3N5/c1-21-13-11-14-22(2)29(21)32-36(5)33(30-23(3)15-12-16-24(30)4)39-27-19-9-7-17-25(27)31-35-26-18-8-10-20-28(26)38(31)34(39)37(32)6/h7-20H,1-6H3. The van der Waals surface area contributed by atoms with Crippen LogP contribution in [0.2, 0.25) is 0 Å². The monoisotopic (exact) mass is 507 g/mol. The van der Waals surface area contributed by atoms with Crippen LogP contribution in [0.5, 0.6) is 0 Å². The number of anilines is 1. The molecule has 0 spiro atoms. The number of hydrogen-bond acceptors (Lipinski definition) is 4. The highest BCUT2D eigenvalue weighted by Crippen LogP contribution is 2.41. The molecule has 0 unspecified atom stereocenters. The van der Waals surface area contributed by atoms with Gasteiger partial charge in [-0.05, 0) is 77.0 Å². The van der Waals surface area contributed by atoms with Crippen LogP contribution in [-0.4, -0.2) is 54.1 Å². The topological polar surface area (TPSA) is 27.5 Å². The summed E-state index contributed by atoms with van der Waals surface area (Å²) in [5.74, 6) is 1.03. The van der Waals surface area contributed by atoms with Crippen molar-refractivity contribution in [2.24, 2.45) is 0 Å². The number of imidazole rings is 1. The molecule has 1 saturated heterocycles. The molecule has 39 heavy (non-hydrogen) atoms. The summed E-state index contributed by atoms with van der Waals surface area (Å²) in [6.45, 7) is 9.09. The van der Waals surface area contributed by atoms with Crippen LogP contribution in [0.1, 0.15) is 22.3 Å². The second kappa shape index (κ2) is 8.90. The molecular formula is C31H32B3N5. The van der Waals surface area contributed by atoms with Gasteiger partial charge in [0.2, 0.25) is 0 Å². The number of hydrogen-bond donors (Lipinski definition) is 0. The molecule has 8 heteroatoms. The summed E-state index contributed by atoms with van der Waals surface area (Å²) in [5.41, 5.74) is 12.6. The van der Waals surface area contributed by atoms with E-state index in [0.717, 1.165) is 16.9 Å². The second-order valence-corrected chi connectivity index (χ2v) is 11.3. The minimum Gasteiger partial charge on any atom is -0.410 e. The van der Waals surface area contributed by atoms with Crippen molar-refractivity contribution in [1.29, 1.82) is 0 Å². The zero-order valence-corrected chi connectivity index (χ0v) is 23.6. The molecule has 1 fully saturated rings. The number of para-hydroxylation sites is 3. The molecule has 5 nitrogen and oxygen atoms in total. The fraction of sp³-hybridized carbons (Fsp3) is 0.194. The van der Waals surface area contributed by atoms with Gasteiger partial charge in [-0.3, -0.25) is 0 Å². The Morgan fingerprint density at radius 1 is 0.590 bits per heavy atom. The Kier molecular flexibility index (Phi) is 5.55. The van der Waals surface area contributed by atoms with Crippen LogP contribution in [0.15, 0.2) is 84.9 Å². The number of aromatic nitrogens is 2. The van der Waals surface area contributed by atoms with Crippen molar-refractivity contribution >= 4 is 48.7 Å². The van der Waals surface area contributed by atoms with E-state index in [-0.39, 0.29) is 21.1 Å². The quantitative estimate of drug-likeness (QED) is 0.334. The molecule has 0 amide bonds. The Morgan fingerprint density at radius 3 is 1.82 bits per heavy atom. The summed E-state index contributed by atoms with van der Waals surface area (Å²) >= 11 is 0. The van der Waals surface area contributed by atoms with Crippen molar-refractivity contribution in [2.45, 2.75) is 27.7 Å². The van der Waals surface area contributed by atoms with E-state index < -0.39 is 0 Å². The summed E-state index contributed by atoms with van der Waals surface area (Å²) in [4.78, 5) is 5.20. The molecule has 7 rings (SSSR count). The SMILES string of the molecule is Cc1cccc(C)c1B1N(C)B(c2c(C)cccc2C)N2B(N1C)n1c(nc3ccccc31)-c1ccccc12. The van der Waals surface area contributed by atoms with E-state index >= 15 is 0 Å². The first-order valence-electron chi connectivity index (χ1n) is 13.8. The van der Waals surface area contributed by atoms with E-state index in [1.54, 1.807) is 0 Å². The molecule has 4 aromatic carbocycles. The molecule has 0 radical (unpaired) electrons. The van der Waals surface area contributed by atoms with Crippen molar-refractivity contribution in [1.82, 2.24) is 18.9 Å². The maximum Gasteiger partial charge on any atom is 0.454 e. The first-order valence-corrected chi connectivity index (χ1v) is 13.8. The molecule has 3 heterocycles. The highest BCUT2D eigenvalue weighted by molar-refractivity contribution is 7.01. The Hall–Kier alpha value is -3.74. The average Bonchev–Trinajstić information content (AvgIpc) is 3.31. The van der Waals surface area contributed by atoms with Gasteiger partial charge in [0.1, 0.15) is 5.82 Å². The minimum absolute atomic E-state index is 0.0202. The molecule has 0 aliphatic carbocycles. The number of aryl methyl sites for hydroxylation is 4. The van der Waals surface area contributed by atoms with Crippen molar-refractivity contribution < 1.29 is 0 Å². The zero-order valence-electron chi connectivity index (χ0n) is 23.6. The maximum absolute atomic E-state index is 5.20. The minimum atomic E-state index is -0.0634. The van der Waals surface area contributed by atoms with E-state index in [1.165, 1.54) is 44.4 Å². The molecule has 1 aromatic heterocycles. The van der Waals surface area contributed by atoms with Crippen molar-refractivity contribution in [2.75, 3.05) is 18.8 Å². The molecule has 5 aromatic rings. The van der Waals surface area contributed by atoms with Gasteiger partial charge in [-0.1, -0.05) is 82.9 Å². The second-order valence-electron chi connectivity index (χ2n) is 11.3. The van der Waals surface area contributed by atoms with Crippen molar-refractivity contribution in [3.63, 3.8) is 0 Å². The Bertz CT molecular complexity index is 1710. The summed E-state index contributed by atoms with van der Waals surface area (Å²) in [5, 5.41) is 0. The van der Waals surface area contributed by atoms with Gasteiger partial charge in [-0.25, -0.2) is 4.98 Å². The van der Waals surface area contributed by atoms with E-state index in [1.807, 2.05) is 0 Å². The number of fused-ring (bicyclic) bond motifs is 8. The van der Waals surface area contributed by atoms with Crippen LogP contribution in [-0.2, 0) is 0 Å². The van der Waals surface area contributed by atoms with Gasteiger partial charge in [-0.15, -0.1) is 0 Å². The lowest BCUT2D eigenvalue weighted by Gasteiger charge is -2.55. The van der Waals surface area contributed by atoms with Crippen LogP contribution in [0.3, 0.4) is 0 Å². The predicted molar refractivity (Wildman–Crippen MR) is 167 cm³/mol. The van der Waals surface area contributed by atoms with E-state index in [4.69, 9.17) is 4.98 Å². The van der Waals surface area contributed by atoms with E-state index in [9.17, 15) is 0 Å². The molecule has 0 saturated carbocycles. The first-order chi connectivity index (χ1) is 18.9. The lowest BCUT2D eigenvalue weighted by atomic mass is 9.40. The largest absolute Gasteiger partial charge is 0.454 e. The fourth-order valence-corrected chi connectivity index (χ4v) is 7.20. The number of rotatable bonds is 2. The Morgan fingerprint density at radius 2 is 1.15 bits per heavy atom. The van der Waals surface area contributed by atoms with Gasteiger partial charge in [0.05, 0.1) is 11.0 Å². The highest BCUT2D eigenvalue weighted by Gasteiger charge is 2.57. The summed E-state index contributed by atoms with van der Waals surface area (Å²) < 4.78 is 10.2. The third kappa shape index (κ3) is 3.41. The van der Waals surface area contributed by atoms with Crippen LogP contribution in [0.4, 0.5) is 5.69 Å². The summed E-state index contributed by atoms with van der Waals surface area (Å²) in [7, 11) is 4.51. The number of nitrogens with zero attached hydrogens (tertiary/aromatic N) is 5. The lowest BCUT2D eigenvalue weighted by molar-refractivity contribution is 0.644. The Labute approximate surface area is 232 Å². The number of benzene rings is 4. The fourth-order valence-electron chi connectivity index (χ4n) is 7.20. The van der Waals surface area contributed by atoms with E-state index in [2.05, 4.69) is 145 Å². The van der Waals surface area contributed by atoms with Gasteiger partial charge in [0.25, 0.3) is 0 Å². The molecule has 2 aliphatic heterocycles. The smallest absolute Gasteiger partial charge is 0.410 e. The summed E-state index contributed by atoms with van der Waals surface area (Å²) in [6.07, 6.45) is 0. The van der Waals surface area contributed by atoms with Gasteiger partial charge in [0, 0.05) is 11.3 Å². The molecular weight excluding hydrogens is 475 g/mol. The van der Waals surface area contributed by atoms with Crippen molar-refractivity contribution in [3.05, 3.63) is 107 Å². The third-order valence-electron chi connectivity index (χ3n) is 8.88. The normalized spacial score (nSPS) is 15.5. The van der Waals surface area contributed by atoms with Crippen LogP contribution in [0, 0.1) is 27.7 Å².